The average molecular weight is 242 g/mol. The van der Waals surface area contributed by atoms with Gasteiger partial charge in [0.25, 0.3) is 0 Å². The molecule has 17 heavy (non-hydrogen) atoms. The maximum Gasteiger partial charge on any atom is 0.0622 e. The van der Waals surface area contributed by atoms with Crippen molar-refractivity contribution in [3.8, 4) is 0 Å². The molecule has 1 N–H and O–H groups in total. The summed E-state index contributed by atoms with van der Waals surface area (Å²) >= 11 is 0. The summed E-state index contributed by atoms with van der Waals surface area (Å²) < 4.78 is 5.46. The molecule has 3 atom stereocenters. The molecular weight excluding hydrogens is 212 g/mol. The molecule has 0 spiro atoms. The van der Waals surface area contributed by atoms with Gasteiger partial charge in [-0.2, -0.15) is 0 Å². The Morgan fingerprint density at radius 2 is 1.94 bits per heavy atom. The minimum atomic E-state index is -0.0734. The van der Waals surface area contributed by atoms with E-state index in [-0.39, 0.29) is 11.7 Å². The summed E-state index contributed by atoms with van der Waals surface area (Å²) in [7, 11) is 1.77. The predicted octanol–water partition coefficient (Wildman–Crippen LogP) is 3.77. The van der Waals surface area contributed by atoms with Gasteiger partial charge in [-0.15, -0.1) is 0 Å². The Hall–Kier alpha value is -0.0800. The second-order valence-electron chi connectivity index (χ2n) is 6.30. The topological polar surface area (TPSA) is 29.5 Å². The Bertz CT molecular complexity index is 213. The summed E-state index contributed by atoms with van der Waals surface area (Å²) in [6.07, 6.45) is 8.12. The van der Waals surface area contributed by atoms with E-state index in [9.17, 15) is 5.11 Å². The molecule has 0 heterocycles. The summed E-state index contributed by atoms with van der Waals surface area (Å²) in [5.74, 6) is 1.34. The van der Waals surface area contributed by atoms with Crippen LogP contribution in [0.5, 0.6) is 0 Å². The largest absolute Gasteiger partial charge is 0.393 e. The molecule has 1 rings (SSSR count). The lowest BCUT2D eigenvalue weighted by Gasteiger charge is -2.35. The molecule has 102 valence electrons. The van der Waals surface area contributed by atoms with Crippen LogP contribution in [0.3, 0.4) is 0 Å². The van der Waals surface area contributed by atoms with E-state index in [1.807, 2.05) is 0 Å². The molecule has 0 aromatic carbocycles. The van der Waals surface area contributed by atoms with E-state index in [0.717, 1.165) is 25.2 Å². The minimum Gasteiger partial charge on any atom is -0.393 e. The third-order valence-electron chi connectivity index (χ3n) is 4.42. The molecule has 0 aliphatic heterocycles. The van der Waals surface area contributed by atoms with Gasteiger partial charge < -0.3 is 9.84 Å². The smallest absolute Gasteiger partial charge is 0.0622 e. The van der Waals surface area contributed by atoms with Gasteiger partial charge in [-0.3, -0.25) is 0 Å². The van der Waals surface area contributed by atoms with Crippen LogP contribution in [0.4, 0.5) is 0 Å². The van der Waals surface area contributed by atoms with Crippen molar-refractivity contribution in [1.29, 1.82) is 0 Å². The fourth-order valence-corrected chi connectivity index (χ4v) is 2.96. The molecule has 3 unspecified atom stereocenters. The van der Waals surface area contributed by atoms with Gasteiger partial charge in [-0.1, -0.05) is 19.8 Å². The Balaban J connectivity index is 2.39. The van der Waals surface area contributed by atoms with Crippen molar-refractivity contribution in [3.05, 3.63) is 0 Å². The molecule has 1 saturated carbocycles. The molecule has 0 aromatic rings. The zero-order valence-electron chi connectivity index (χ0n) is 12.0. The summed E-state index contributed by atoms with van der Waals surface area (Å²) in [6, 6.07) is 0. The highest BCUT2D eigenvalue weighted by Crippen LogP contribution is 2.35. The second kappa shape index (κ2) is 6.75. The Morgan fingerprint density at radius 3 is 2.53 bits per heavy atom. The van der Waals surface area contributed by atoms with Crippen LogP contribution in [0, 0.1) is 11.8 Å². The van der Waals surface area contributed by atoms with Crippen molar-refractivity contribution in [3.63, 3.8) is 0 Å². The van der Waals surface area contributed by atoms with E-state index >= 15 is 0 Å². The van der Waals surface area contributed by atoms with Gasteiger partial charge in [-0.25, -0.2) is 0 Å². The molecule has 0 aromatic heterocycles. The Labute approximate surface area is 107 Å². The summed E-state index contributed by atoms with van der Waals surface area (Å²) in [4.78, 5) is 0. The van der Waals surface area contributed by atoms with Gasteiger partial charge in [0, 0.05) is 7.11 Å². The van der Waals surface area contributed by atoms with Gasteiger partial charge >= 0.3 is 0 Å². The molecule has 1 aliphatic rings. The molecule has 2 nitrogen and oxygen atoms in total. The van der Waals surface area contributed by atoms with Crippen molar-refractivity contribution in [2.45, 2.75) is 77.4 Å². The van der Waals surface area contributed by atoms with Gasteiger partial charge in [0.15, 0.2) is 0 Å². The first-order chi connectivity index (χ1) is 7.98. The molecular formula is C15H30O2. The Morgan fingerprint density at radius 1 is 1.24 bits per heavy atom. The third-order valence-corrected chi connectivity index (χ3v) is 4.42. The normalized spacial score (nSPS) is 30.5. The van der Waals surface area contributed by atoms with Crippen LogP contribution in [0.1, 0.15) is 65.7 Å². The summed E-state index contributed by atoms with van der Waals surface area (Å²) in [6.45, 7) is 6.52. The van der Waals surface area contributed by atoms with Crippen LogP contribution >= 0.6 is 0 Å². The standard InChI is InChI=1S/C15H30O2/c1-5-6-12-7-8-14(16)13(11-12)9-10-15(2,3)17-4/h12-14,16H,5-11H2,1-4H3. The van der Waals surface area contributed by atoms with Crippen molar-refractivity contribution in [2.24, 2.45) is 11.8 Å². The van der Waals surface area contributed by atoms with Crippen molar-refractivity contribution in [2.75, 3.05) is 7.11 Å². The molecule has 2 heteroatoms. The number of methoxy groups -OCH3 is 1. The van der Waals surface area contributed by atoms with Crippen LogP contribution in [0.25, 0.3) is 0 Å². The second-order valence-corrected chi connectivity index (χ2v) is 6.30. The van der Waals surface area contributed by atoms with Crippen molar-refractivity contribution in [1.82, 2.24) is 0 Å². The molecule has 0 radical (unpaired) electrons. The summed E-state index contributed by atoms with van der Waals surface area (Å²) in [5.41, 5.74) is -0.0442. The van der Waals surface area contributed by atoms with Gasteiger partial charge in [0.1, 0.15) is 0 Å². The van der Waals surface area contributed by atoms with Crippen molar-refractivity contribution < 1.29 is 9.84 Å². The number of hydrogen-bond acceptors (Lipinski definition) is 2. The summed E-state index contributed by atoms with van der Waals surface area (Å²) in [5, 5.41) is 10.1. The van der Waals surface area contributed by atoms with Crippen LogP contribution in [-0.2, 0) is 4.74 Å². The first-order valence-corrected chi connectivity index (χ1v) is 7.21. The highest BCUT2D eigenvalue weighted by Gasteiger charge is 2.30. The Kier molecular flexibility index (Phi) is 5.94. The van der Waals surface area contributed by atoms with Gasteiger partial charge in [-0.05, 0) is 57.8 Å². The zero-order chi connectivity index (χ0) is 12.9. The molecule has 1 aliphatic carbocycles. The van der Waals surface area contributed by atoms with Crippen molar-refractivity contribution >= 4 is 0 Å². The van der Waals surface area contributed by atoms with E-state index < -0.39 is 0 Å². The number of hydrogen-bond donors (Lipinski definition) is 1. The molecule has 0 bridgehead atoms. The van der Waals surface area contributed by atoms with Gasteiger partial charge in [0.05, 0.1) is 11.7 Å². The van der Waals surface area contributed by atoms with Crippen LogP contribution < -0.4 is 0 Å². The first kappa shape index (κ1) is 15.0. The quantitative estimate of drug-likeness (QED) is 0.768. The van der Waals surface area contributed by atoms with E-state index in [2.05, 4.69) is 20.8 Å². The van der Waals surface area contributed by atoms with E-state index in [4.69, 9.17) is 4.74 Å². The maximum atomic E-state index is 10.1. The first-order valence-electron chi connectivity index (χ1n) is 7.21. The van der Waals surface area contributed by atoms with Gasteiger partial charge in [0.2, 0.25) is 0 Å². The lowest BCUT2D eigenvalue weighted by molar-refractivity contribution is -0.00896. The molecule has 1 fully saturated rings. The van der Waals surface area contributed by atoms with Crippen LogP contribution in [-0.4, -0.2) is 23.9 Å². The number of rotatable bonds is 6. The zero-order valence-corrected chi connectivity index (χ0v) is 12.0. The van der Waals surface area contributed by atoms with E-state index in [1.165, 1.54) is 25.7 Å². The highest BCUT2D eigenvalue weighted by atomic mass is 16.5. The number of aliphatic hydroxyl groups is 1. The third kappa shape index (κ3) is 4.97. The minimum absolute atomic E-state index is 0.0442. The number of ether oxygens (including phenoxy) is 1. The average Bonchev–Trinajstić information content (AvgIpc) is 2.30. The van der Waals surface area contributed by atoms with Crippen LogP contribution in [0.15, 0.2) is 0 Å². The molecule has 0 saturated heterocycles. The lowest BCUT2D eigenvalue weighted by Crippen LogP contribution is -2.32. The maximum absolute atomic E-state index is 10.1. The SMILES string of the molecule is CCCC1CCC(O)C(CCC(C)(C)OC)C1. The fourth-order valence-electron chi connectivity index (χ4n) is 2.96. The monoisotopic (exact) mass is 242 g/mol. The van der Waals surface area contributed by atoms with E-state index in [1.54, 1.807) is 7.11 Å². The van der Waals surface area contributed by atoms with Crippen LogP contribution in [0.2, 0.25) is 0 Å². The fraction of sp³-hybridized carbons (Fsp3) is 1.00. The highest BCUT2D eigenvalue weighted by molar-refractivity contribution is 4.81. The number of aliphatic hydroxyl groups excluding tert-OH is 1. The molecule has 0 amide bonds. The van der Waals surface area contributed by atoms with E-state index in [0.29, 0.717) is 5.92 Å². The lowest BCUT2D eigenvalue weighted by atomic mass is 9.75. The predicted molar refractivity (Wildman–Crippen MR) is 72.1 cm³/mol.